The van der Waals surface area contributed by atoms with Gasteiger partial charge in [-0.05, 0) is 75.1 Å². The van der Waals surface area contributed by atoms with Gasteiger partial charge in [0.05, 0.1) is 37.3 Å². The lowest BCUT2D eigenvalue weighted by Gasteiger charge is -2.46. The van der Waals surface area contributed by atoms with Crippen molar-refractivity contribution < 1.29 is 13.2 Å². The van der Waals surface area contributed by atoms with Crippen molar-refractivity contribution in [2.75, 3.05) is 40.1 Å². The van der Waals surface area contributed by atoms with Crippen molar-refractivity contribution >= 4 is 5.52 Å². The van der Waals surface area contributed by atoms with Gasteiger partial charge in [-0.3, -0.25) is 23.7 Å². The number of piperidine rings is 1. The Morgan fingerprint density at radius 3 is 2.37 bits per heavy atom. The van der Waals surface area contributed by atoms with Gasteiger partial charge < -0.3 is 0 Å². The summed E-state index contributed by atoms with van der Waals surface area (Å²) < 4.78 is 46.3. The number of nitrogens with zero attached hydrogens (tertiary/aromatic N) is 5. The molecule has 43 heavy (non-hydrogen) atoms. The van der Waals surface area contributed by atoms with E-state index < -0.39 is 11.7 Å². The fourth-order valence-electron chi connectivity index (χ4n) is 8.60. The number of imidazole rings is 1. The third-order valence-corrected chi connectivity index (χ3v) is 11.0. The molecule has 10 nitrogen and oxygen atoms in total. The molecule has 0 radical (unpaired) electrons. The van der Waals surface area contributed by atoms with Crippen LogP contribution in [0.5, 0.6) is 0 Å². The van der Waals surface area contributed by atoms with Crippen LogP contribution in [0.4, 0.5) is 13.2 Å². The number of halogens is 3. The van der Waals surface area contributed by atoms with Crippen molar-refractivity contribution in [1.29, 1.82) is 0 Å². The number of fused-ring (bicyclic) bond motifs is 1. The van der Waals surface area contributed by atoms with Gasteiger partial charge in [-0.2, -0.15) is 13.2 Å². The van der Waals surface area contributed by atoms with E-state index in [0.717, 1.165) is 71.6 Å². The van der Waals surface area contributed by atoms with E-state index in [2.05, 4.69) is 43.5 Å². The summed E-state index contributed by atoms with van der Waals surface area (Å²) in [5.74, 6) is 1.53. The van der Waals surface area contributed by atoms with Crippen LogP contribution in [0.25, 0.3) is 5.52 Å². The Hall–Kier alpha value is -2.00. The molecule has 7 rings (SSSR count). The Bertz CT molecular complexity index is 1330. The van der Waals surface area contributed by atoms with Gasteiger partial charge >= 0.3 is 11.9 Å². The molecule has 238 valence electrons. The average molecular weight is 606 g/mol. The van der Waals surface area contributed by atoms with E-state index in [4.69, 9.17) is 0 Å². The SMILES string of the molecule is CN1CNNC1[C@H](C1CCC1)C1CCCC(n2cc3c(C(F)(F)F)cc(CN4CCCC(N5CNNC5)C4)cn3c2=O)C1. The molecule has 0 bridgehead atoms. The van der Waals surface area contributed by atoms with Crippen molar-refractivity contribution in [1.82, 2.24) is 45.4 Å². The van der Waals surface area contributed by atoms with Crippen LogP contribution in [0.2, 0.25) is 0 Å². The van der Waals surface area contributed by atoms with E-state index in [1.807, 2.05) is 0 Å². The molecule has 13 heteroatoms. The molecule has 5 atom stereocenters. The summed E-state index contributed by atoms with van der Waals surface area (Å²) in [7, 11) is 2.13. The maximum absolute atomic E-state index is 14.5. The Balaban J connectivity index is 1.15. The highest BCUT2D eigenvalue weighted by molar-refractivity contribution is 5.56. The Morgan fingerprint density at radius 2 is 1.67 bits per heavy atom. The van der Waals surface area contributed by atoms with Gasteiger partial charge in [-0.1, -0.05) is 25.7 Å². The lowest BCUT2D eigenvalue weighted by molar-refractivity contribution is -0.136. The van der Waals surface area contributed by atoms with Crippen molar-refractivity contribution in [2.24, 2.45) is 17.8 Å². The molecule has 2 aromatic heterocycles. The van der Waals surface area contributed by atoms with E-state index in [1.54, 1.807) is 10.8 Å². The standard InChI is InChI=1S/C30H46F3N9O/c1-38-17-36-37-28(38)27(21-5-2-6-21)22-7-3-8-23(12-22)41-16-26-25(30(31,32)33)11-20(14-42(26)29(41)43)13-39-10-4-9-24(15-39)40-18-34-35-19-40/h11,14,16,21-24,27-28,34-37H,2-10,12-13,15,17-19H2,1H3/t22?,23?,24?,27-,28?/m1/s1. The third kappa shape index (κ3) is 5.89. The summed E-state index contributed by atoms with van der Waals surface area (Å²) in [4.78, 5) is 20.7. The first kappa shape index (κ1) is 29.7. The van der Waals surface area contributed by atoms with Crippen LogP contribution in [0.1, 0.15) is 75.0 Å². The van der Waals surface area contributed by atoms with Gasteiger partial charge in [0.25, 0.3) is 0 Å². The monoisotopic (exact) mass is 605 g/mol. The van der Waals surface area contributed by atoms with E-state index in [1.165, 1.54) is 35.9 Å². The molecule has 4 unspecified atom stereocenters. The van der Waals surface area contributed by atoms with E-state index in [9.17, 15) is 18.0 Å². The van der Waals surface area contributed by atoms with Crippen LogP contribution in [0.3, 0.4) is 0 Å². The molecule has 3 saturated heterocycles. The summed E-state index contributed by atoms with van der Waals surface area (Å²) in [5, 5.41) is 0. The van der Waals surface area contributed by atoms with Crippen molar-refractivity contribution in [3.63, 3.8) is 0 Å². The van der Waals surface area contributed by atoms with Gasteiger partial charge in [0.15, 0.2) is 0 Å². The molecule has 5 aliphatic rings. The number of alkyl halides is 3. The Kier molecular flexibility index (Phi) is 8.34. The summed E-state index contributed by atoms with van der Waals surface area (Å²) in [6.45, 7) is 4.35. The molecule has 5 heterocycles. The molecule has 5 fully saturated rings. The average Bonchev–Trinajstić information content (AvgIpc) is 3.71. The number of likely N-dealkylation sites (tertiary alicyclic amines) is 1. The van der Waals surface area contributed by atoms with E-state index in [-0.39, 0.29) is 23.4 Å². The van der Waals surface area contributed by atoms with Gasteiger partial charge in [-0.15, -0.1) is 0 Å². The minimum atomic E-state index is -4.55. The number of hydrogen-bond donors (Lipinski definition) is 4. The first-order valence-electron chi connectivity index (χ1n) is 16.2. The van der Waals surface area contributed by atoms with Crippen LogP contribution >= 0.6 is 0 Å². The molecule has 2 aliphatic carbocycles. The zero-order valence-electron chi connectivity index (χ0n) is 25.1. The number of aromatic nitrogens is 2. The predicted octanol–water partition coefficient (Wildman–Crippen LogP) is 2.88. The molecular weight excluding hydrogens is 559 g/mol. The number of rotatable bonds is 7. The van der Waals surface area contributed by atoms with E-state index >= 15 is 0 Å². The largest absolute Gasteiger partial charge is 0.418 e. The zero-order chi connectivity index (χ0) is 29.7. The van der Waals surface area contributed by atoms with Gasteiger partial charge in [-0.25, -0.2) is 26.5 Å². The molecule has 3 aliphatic heterocycles. The number of nitrogens with one attached hydrogen (secondary N) is 4. The Labute approximate surface area is 250 Å². The highest BCUT2D eigenvalue weighted by atomic mass is 19.4. The molecule has 2 saturated carbocycles. The second-order valence-corrected chi connectivity index (χ2v) is 13.7. The first-order valence-corrected chi connectivity index (χ1v) is 16.2. The predicted molar refractivity (Wildman–Crippen MR) is 157 cm³/mol. The lowest BCUT2D eigenvalue weighted by Crippen LogP contribution is -2.50. The van der Waals surface area contributed by atoms with Crippen molar-refractivity contribution in [3.05, 3.63) is 40.1 Å². The van der Waals surface area contributed by atoms with Crippen LogP contribution in [-0.4, -0.2) is 76.0 Å². The normalized spacial score (nSPS) is 31.2. The van der Waals surface area contributed by atoms with Gasteiger partial charge in [0.1, 0.15) is 0 Å². The fourth-order valence-corrected chi connectivity index (χ4v) is 8.60. The van der Waals surface area contributed by atoms with Gasteiger partial charge in [0, 0.05) is 37.6 Å². The van der Waals surface area contributed by atoms with Crippen LogP contribution in [0, 0.1) is 17.8 Å². The number of pyridine rings is 1. The minimum absolute atomic E-state index is 0.0361. The van der Waals surface area contributed by atoms with Crippen molar-refractivity contribution in [2.45, 2.75) is 88.8 Å². The second-order valence-electron chi connectivity index (χ2n) is 13.7. The molecule has 0 spiro atoms. The summed E-state index contributed by atoms with van der Waals surface area (Å²) >= 11 is 0. The minimum Gasteiger partial charge on any atom is -0.297 e. The van der Waals surface area contributed by atoms with Crippen LogP contribution < -0.4 is 27.4 Å². The van der Waals surface area contributed by atoms with Crippen molar-refractivity contribution in [3.8, 4) is 0 Å². The molecule has 4 N–H and O–H groups in total. The highest BCUT2D eigenvalue weighted by Gasteiger charge is 2.44. The number of hydrazine groups is 2. The Morgan fingerprint density at radius 1 is 0.930 bits per heavy atom. The third-order valence-electron chi connectivity index (χ3n) is 11.0. The molecular formula is C30H46F3N9O. The smallest absolute Gasteiger partial charge is 0.297 e. The second kappa shape index (κ2) is 12.1. The molecule has 2 aromatic rings. The number of hydrogen-bond acceptors (Lipinski definition) is 8. The van der Waals surface area contributed by atoms with Gasteiger partial charge in [0.2, 0.25) is 0 Å². The maximum Gasteiger partial charge on any atom is 0.418 e. The summed E-state index contributed by atoms with van der Waals surface area (Å²) in [6.07, 6.45) is 8.37. The first-order chi connectivity index (χ1) is 20.8. The quantitative estimate of drug-likeness (QED) is 0.384. The fraction of sp³-hybridized carbons (Fsp3) is 0.767. The van der Waals surface area contributed by atoms with E-state index in [0.29, 0.717) is 35.9 Å². The summed E-state index contributed by atoms with van der Waals surface area (Å²) in [6, 6.07) is 1.53. The lowest BCUT2D eigenvalue weighted by atomic mass is 9.65. The van der Waals surface area contributed by atoms with Crippen LogP contribution in [-0.2, 0) is 12.7 Å². The highest BCUT2D eigenvalue weighted by Crippen LogP contribution is 2.47. The molecule has 0 aromatic carbocycles. The maximum atomic E-state index is 14.5. The zero-order valence-corrected chi connectivity index (χ0v) is 25.1. The summed E-state index contributed by atoms with van der Waals surface area (Å²) in [5.41, 5.74) is 12.5. The van der Waals surface area contributed by atoms with Crippen LogP contribution in [0.15, 0.2) is 23.3 Å². The molecule has 0 amide bonds. The topological polar surface area (TPSA) is 84.2 Å².